The molecule has 0 aliphatic carbocycles. The van der Waals surface area contributed by atoms with Crippen molar-refractivity contribution in [1.29, 1.82) is 0 Å². The molecule has 2 unspecified atom stereocenters. The number of benzene rings is 2. The first kappa shape index (κ1) is 23.8. The van der Waals surface area contributed by atoms with Crippen molar-refractivity contribution in [2.45, 2.75) is 45.3 Å². The fraction of sp³-hybridized carbons (Fsp3) is 0.333. The van der Waals surface area contributed by atoms with E-state index in [1.54, 1.807) is 35.7 Å². The highest BCUT2D eigenvalue weighted by Gasteiger charge is 2.31. The molecule has 0 aliphatic heterocycles. The van der Waals surface area contributed by atoms with E-state index < -0.39 is 23.5 Å². The molecule has 4 rings (SSSR count). The Bertz CT molecular complexity index is 1320. The first-order chi connectivity index (χ1) is 16.0. The molecule has 0 aliphatic rings. The zero-order valence-corrected chi connectivity index (χ0v) is 20.9. The Morgan fingerprint density at radius 3 is 2.53 bits per heavy atom. The second kappa shape index (κ2) is 9.14. The Balaban J connectivity index is 1.67. The summed E-state index contributed by atoms with van der Waals surface area (Å²) in [5, 5.41) is 14.0. The lowest BCUT2D eigenvalue weighted by Gasteiger charge is -2.28. The number of carbonyl (C=O) groups excluding carboxylic acids is 1. The zero-order chi connectivity index (χ0) is 24.6. The van der Waals surface area contributed by atoms with E-state index in [0.717, 1.165) is 27.6 Å². The van der Waals surface area contributed by atoms with Crippen LogP contribution in [0.5, 0.6) is 5.75 Å². The van der Waals surface area contributed by atoms with E-state index >= 15 is 0 Å². The molecule has 2 heterocycles. The molecule has 1 N–H and O–H groups in total. The lowest BCUT2D eigenvalue weighted by Crippen LogP contribution is -2.45. The molecule has 34 heavy (non-hydrogen) atoms. The molecule has 0 saturated heterocycles. The number of carbonyl (C=O) groups is 1. The van der Waals surface area contributed by atoms with Crippen LogP contribution in [0.2, 0.25) is 0 Å². The number of aryl methyl sites for hydroxylation is 3. The minimum absolute atomic E-state index is 0.498. The Labute approximate surface area is 199 Å². The van der Waals surface area contributed by atoms with Crippen LogP contribution in [0.3, 0.4) is 0 Å². The van der Waals surface area contributed by atoms with E-state index in [2.05, 4.69) is 26.8 Å². The molecule has 4 aromatic rings. The van der Waals surface area contributed by atoms with Crippen molar-refractivity contribution < 1.29 is 13.9 Å². The van der Waals surface area contributed by atoms with E-state index in [0.29, 0.717) is 11.6 Å². The highest BCUT2D eigenvalue weighted by molar-refractivity contribution is 7.20. The lowest BCUT2D eigenvalue weighted by molar-refractivity contribution is -0.128. The van der Waals surface area contributed by atoms with Crippen molar-refractivity contribution in [3.63, 3.8) is 0 Å². The first-order valence-electron chi connectivity index (χ1n) is 10.9. The molecule has 0 spiro atoms. The average molecular weight is 483 g/mol. The van der Waals surface area contributed by atoms with Gasteiger partial charge in [0.1, 0.15) is 11.9 Å². The number of aromatic nitrogens is 5. The van der Waals surface area contributed by atoms with Gasteiger partial charge in [0, 0.05) is 12.4 Å². The zero-order valence-electron chi connectivity index (χ0n) is 19.8. The van der Waals surface area contributed by atoms with Crippen molar-refractivity contribution >= 4 is 26.0 Å². The third-order valence-corrected chi connectivity index (χ3v) is 5.70. The van der Waals surface area contributed by atoms with Crippen molar-refractivity contribution in [3.05, 3.63) is 65.5 Å². The Hall–Kier alpha value is -3.32. The van der Waals surface area contributed by atoms with Gasteiger partial charge in [0.15, 0.2) is 11.2 Å². The summed E-state index contributed by atoms with van der Waals surface area (Å²) in [6, 6.07) is 11.2. The number of hydrogen-bond acceptors (Lipinski definition) is 5. The smallest absolute Gasteiger partial charge is 0.261 e. The normalized spacial score (nSPS) is 15.0. The highest BCUT2D eigenvalue weighted by atomic mass is 31.0. The predicted molar refractivity (Wildman–Crippen MR) is 132 cm³/mol. The number of ether oxygens (including phenoxy) is 1. The van der Waals surface area contributed by atoms with Gasteiger partial charge in [-0.15, -0.1) is 5.10 Å². The number of rotatable bonds is 7. The van der Waals surface area contributed by atoms with Gasteiger partial charge in [-0.2, -0.15) is 5.10 Å². The number of alkyl halides is 1. The molecular formula is C24H28FN6O2P. The van der Waals surface area contributed by atoms with E-state index in [1.165, 1.54) is 6.92 Å². The number of nitrogens with one attached hydrogen (secondary N) is 1. The number of amides is 1. The SMILES string of the molecule is Cc1cc(C)cc([C@@H](Oc2ccc3c(cnn3-c3cn(C)nn3)c2)[C@H](C)NC(=O)C(C)(F)P)c1. The second-order valence-electron chi connectivity index (χ2n) is 8.82. The number of fused-ring (bicyclic) bond motifs is 1. The summed E-state index contributed by atoms with van der Waals surface area (Å²) in [7, 11) is 3.72. The summed E-state index contributed by atoms with van der Waals surface area (Å²) in [5.74, 6) is 0.497. The van der Waals surface area contributed by atoms with Crippen LogP contribution in [0.4, 0.5) is 4.39 Å². The molecule has 0 saturated carbocycles. The van der Waals surface area contributed by atoms with E-state index in [1.807, 2.05) is 53.4 Å². The topological polar surface area (TPSA) is 86.9 Å². The maximum Gasteiger partial charge on any atom is 0.261 e. The number of nitrogens with zero attached hydrogens (tertiary/aromatic N) is 5. The van der Waals surface area contributed by atoms with Gasteiger partial charge in [-0.3, -0.25) is 9.48 Å². The highest BCUT2D eigenvalue weighted by Crippen LogP contribution is 2.30. The summed E-state index contributed by atoms with van der Waals surface area (Å²) < 4.78 is 23.9. The molecule has 0 bridgehead atoms. The second-order valence-corrected chi connectivity index (χ2v) is 9.91. The van der Waals surface area contributed by atoms with Crippen LogP contribution >= 0.6 is 9.24 Å². The number of halogens is 1. The van der Waals surface area contributed by atoms with Gasteiger partial charge in [-0.05, 0) is 51.5 Å². The van der Waals surface area contributed by atoms with E-state index in [9.17, 15) is 9.18 Å². The number of hydrogen-bond donors (Lipinski definition) is 1. The summed E-state index contributed by atoms with van der Waals surface area (Å²) in [5.41, 5.74) is 3.90. The van der Waals surface area contributed by atoms with Gasteiger partial charge in [0.2, 0.25) is 0 Å². The maximum absolute atomic E-state index is 14.2. The van der Waals surface area contributed by atoms with Crippen LogP contribution < -0.4 is 10.1 Å². The maximum atomic E-state index is 14.2. The molecule has 4 atom stereocenters. The molecule has 178 valence electrons. The standard InChI is InChI=1S/C24H28FN6O2P/c1-14-8-15(2)10-17(9-14)22(16(3)27-23(32)24(4,25)34)33-19-6-7-20-18(11-19)12-26-31(20)21-13-30(5)29-28-21/h6-13,16,22H,34H2,1-5H3,(H,27,32)/t16-,22-,24?/m0/s1. The molecule has 10 heteroatoms. The molecule has 2 aromatic carbocycles. The minimum atomic E-state index is -2.07. The Kier molecular flexibility index (Phi) is 6.41. The van der Waals surface area contributed by atoms with Crippen molar-refractivity contribution in [2.24, 2.45) is 7.05 Å². The predicted octanol–water partition coefficient (Wildman–Crippen LogP) is 3.96. The summed E-state index contributed by atoms with van der Waals surface area (Å²) in [6.07, 6.45) is 2.97. The van der Waals surface area contributed by atoms with Crippen LogP contribution in [-0.2, 0) is 11.8 Å². The lowest BCUT2D eigenvalue weighted by atomic mass is 9.98. The molecule has 0 radical (unpaired) electrons. The van der Waals surface area contributed by atoms with Crippen LogP contribution in [0, 0.1) is 13.8 Å². The summed E-state index contributed by atoms with van der Waals surface area (Å²) >= 11 is 0. The van der Waals surface area contributed by atoms with Gasteiger partial charge >= 0.3 is 0 Å². The molecule has 1 amide bonds. The molecule has 8 nitrogen and oxygen atoms in total. The van der Waals surface area contributed by atoms with E-state index in [-0.39, 0.29) is 0 Å². The van der Waals surface area contributed by atoms with Crippen molar-refractivity contribution in [3.8, 4) is 11.6 Å². The van der Waals surface area contributed by atoms with Gasteiger partial charge in [-0.25, -0.2) is 9.07 Å². The van der Waals surface area contributed by atoms with Crippen molar-refractivity contribution in [2.75, 3.05) is 0 Å². The molecule has 0 fully saturated rings. The fourth-order valence-electron chi connectivity index (χ4n) is 3.90. The third kappa shape index (κ3) is 5.09. The van der Waals surface area contributed by atoms with Crippen LogP contribution in [0.25, 0.3) is 16.7 Å². The quantitative estimate of drug-likeness (QED) is 0.403. The monoisotopic (exact) mass is 482 g/mol. The molecular weight excluding hydrogens is 454 g/mol. The fourth-order valence-corrected chi connectivity index (χ4v) is 3.99. The van der Waals surface area contributed by atoms with Crippen LogP contribution in [-0.4, -0.2) is 42.1 Å². The summed E-state index contributed by atoms with van der Waals surface area (Å²) in [4.78, 5) is 12.3. The average Bonchev–Trinajstić information content (AvgIpc) is 3.35. The largest absolute Gasteiger partial charge is 0.484 e. The van der Waals surface area contributed by atoms with Crippen LogP contribution in [0.1, 0.15) is 36.6 Å². The van der Waals surface area contributed by atoms with Crippen molar-refractivity contribution in [1.82, 2.24) is 30.1 Å². The first-order valence-corrected chi connectivity index (χ1v) is 11.5. The van der Waals surface area contributed by atoms with Gasteiger partial charge in [0.05, 0.1) is 24.0 Å². The van der Waals surface area contributed by atoms with Gasteiger partial charge < -0.3 is 10.1 Å². The Morgan fingerprint density at radius 1 is 1.21 bits per heavy atom. The summed E-state index contributed by atoms with van der Waals surface area (Å²) in [6.45, 7) is 7.02. The van der Waals surface area contributed by atoms with Gasteiger partial charge in [-0.1, -0.05) is 43.8 Å². The minimum Gasteiger partial charge on any atom is -0.484 e. The van der Waals surface area contributed by atoms with E-state index in [4.69, 9.17) is 4.74 Å². The van der Waals surface area contributed by atoms with Gasteiger partial charge in [0.25, 0.3) is 5.91 Å². The molecule has 2 aromatic heterocycles. The van der Waals surface area contributed by atoms with Crippen LogP contribution in [0.15, 0.2) is 48.8 Å². The Morgan fingerprint density at radius 2 is 1.91 bits per heavy atom. The third-order valence-electron chi connectivity index (χ3n) is 5.44.